The van der Waals surface area contributed by atoms with Gasteiger partial charge in [-0.25, -0.2) is 0 Å². The highest BCUT2D eigenvalue weighted by Crippen LogP contribution is 2.13. The molecule has 0 radical (unpaired) electrons. The minimum atomic E-state index is -0.475. The number of aryl methyl sites for hydroxylation is 2. The highest BCUT2D eigenvalue weighted by atomic mass is 16.2. The van der Waals surface area contributed by atoms with Gasteiger partial charge in [0.2, 0.25) is 5.91 Å². The first-order valence-electron chi connectivity index (χ1n) is 4.64. The molecular weight excluding hydrogens is 176 g/mol. The van der Waals surface area contributed by atoms with Gasteiger partial charge in [0.1, 0.15) is 0 Å². The number of amides is 1. The topological polar surface area (TPSA) is 55.1 Å². The maximum atomic E-state index is 11.3. The van der Waals surface area contributed by atoms with Crippen molar-refractivity contribution in [1.29, 1.82) is 0 Å². The first-order valence-corrected chi connectivity index (χ1v) is 4.64. The Morgan fingerprint density at radius 1 is 1.36 bits per heavy atom. The predicted molar refractivity (Wildman–Crippen MR) is 58.2 cm³/mol. The van der Waals surface area contributed by atoms with Gasteiger partial charge in [0.05, 0.1) is 6.04 Å². The molecule has 0 bridgehead atoms. The zero-order valence-electron chi connectivity index (χ0n) is 8.79. The van der Waals surface area contributed by atoms with Gasteiger partial charge in [-0.1, -0.05) is 6.07 Å². The highest BCUT2D eigenvalue weighted by molar-refractivity contribution is 5.94. The second-order valence-electron chi connectivity index (χ2n) is 3.58. The fraction of sp³-hybridized carbons (Fsp3) is 0.364. The van der Waals surface area contributed by atoms with E-state index in [-0.39, 0.29) is 5.91 Å². The van der Waals surface area contributed by atoms with Crippen LogP contribution in [0.3, 0.4) is 0 Å². The SMILES string of the molecule is Cc1ccc(NC(=O)[C@@H](C)N)cc1C. The van der Waals surface area contributed by atoms with Crippen LogP contribution in [0.2, 0.25) is 0 Å². The first kappa shape index (κ1) is 10.7. The van der Waals surface area contributed by atoms with Crippen molar-refractivity contribution in [3.63, 3.8) is 0 Å². The molecule has 0 aliphatic carbocycles. The van der Waals surface area contributed by atoms with E-state index < -0.39 is 6.04 Å². The number of nitrogens with two attached hydrogens (primary N) is 1. The Morgan fingerprint density at radius 2 is 2.00 bits per heavy atom. The second-order valence-corrected chi connectivity index (χ2v) is 3.58. The van der Waals surface area contributed by atoms with E-state index in [1.54, 1.807) is 6.92 Å². The largest absolute Gasteiger partial charge is 0.325 e. The molecule has 0 fully saturated rings. The summed E-state index contributed by atoms with van der Waals surface area (Å²) >= 11 is 0. The highest BCUT2D eigenvalue weighted by Gasteiger charge is 2.07. The molecule has 0 heterocycles. The number of hydrogen-bond donors (Lipinski definition) is 2. The van der Waals surface area contributed by atoms with E-state index in [2.05, 4.69) is 5.32 Å². The molecule has 1 rings (SSSR count). The van der Waals surface area contributed by atoms with Crippen molar-refractivity contribution in [3.05, 3.63) is 29.3 Å². The standard InChI is InChI=1S/C11H16N2O/c1-7-4-5-10(6-8(7)2)13-11(14)9(3)12/h4-6,9H,12H2,1-3H3,(H,13,14)/t9-/m1/s1. The molecule has 1 atom stereocenters. The number of hydrogen-bond acceptors (Lipinski definition) is 2. The minimum absolute atomic E-state index is 0.159. The van der Waals surface area contributed by atoms with Crippen molar-refractivity contribution in [3.8, 4) is 0 Å². The van der Waals surface area contributed by atoms with Crippen LogP contribution in [0.15, 0.2) is 18.2 Å². The summed E-state index contributed by atoms with van der Waals surface area (Å²) < 4.78 is 0. The molecule has 1 aromatic rings. The summed E-state index contributed by atoms with van der Waals surface area (Å²) in [5, 5.41) is 2.75. The van der Waals surface area contributed by atoms with Crippen molar-refractivity contribution in [2.75, 3.05) is 5.32 Å². The van der Waals surface area contributed by atoms with E-state index in [9.17, 15) is 4.79 Å². The van der Waals surface area contributed by atoms with Crippen LogP contribution in [0, 0.1) is 13.8 Å². The van der Waals surface area contributed by atoms with E-state index >= 15 is 0 Å². The third kappa shape index (κ3) is 2.57. The van der Waals surface area contributed by atoms with Gasteiger partial charge in [-0.2, -0.15) is 0 Å². The number of carbonyl (C=O) groups is 1. The van der Waals surface area contributed by atoms with Crippen molar-refractivity contribution in [1.82, 2.24) is 0 Å². The van der Waals surface area contributed by atoms with Gasteiger partial charge in [0.15, 0.2) is 0 Å². The molecule has 3 N–H and O–H groups in total. The molecular formula is C11H16N2O. The summed E-state index contributed by atoms with van der Waals surface area (Å²) in [5.41, 5.74) is 8.61. The maximum absolute atomic E-state index is 11.3. The van der Waals surface area contributed by atoms with Crippen LogP contribution in [0.5, 0.6) is 0 Å². The molecule has 0 spiro atoms. The lowest BCUT2D eigenvalue weighted by atomic mass is 10.1. The van der Waals surface area contributed by atoms with E-state index in [4.69, 9.17) is 5.73 Å². The smallest absolute Gasteiger partial charge is 0.240 e. The van der Waals surface area contributed by atoms with Crippen LogP contribution in [-0.4, -0.2) is 11.9 Å². The minimum Gasteiger partial charge on any atom is -0.325 e. The van der Waals surface area contributed by atoms with Gasteiger partial charge in [-0.3, -0.25) is 4.79 Å². The van der Waals surface area contributed by atoms with Gasteiger partial charge in [-0.05, 0) is 44.0 Å². The fourth-order valence-electron chi connectivity index (χ4n) is 1.08. The summed E-state index contributed by atoms with van der Waals surface area (Å²) in [7, 11) is 0. The molecule has 0 aliphatic rings. The van der Waals surface area contributed by atoms with E-state index in [1.807, 2.05) is 32.0 Å². The lowest BCUT2D eigenvalue weighted by Gasteiger charge is -2.09. The van der Waals surface area contributed by atoms with Crippen LogP contribution in [0.1, 0.15) is 18.1 Å². The Morgan fingerprint density at radius 3 is 2.50 bits per heavy atom. The molecule has 0 unspecified atom stereocenters. The summed E-state index contributed by atoms with van der Waals surface area (Å²) in [5.74, 6) is -0.159. The van der Waals surface area contributed by atoms with Crippen molar-refractivity contribution < 1.29 is 4.79 Å². The van der Waals surface area contributed by atoms with Crippen molar-refractivity contribution in [2.24, 2.45) is 5.73 Å². The predicted octanol–water partition coefficient (Wildman–Crippen LogP) is 1.59. The van der Waals surface area contributed by atoms with Gasteiger partial charge in [0.25, 0.3) is 0 Å². The lowest BCUT2D eigenvalue weighted by molar-refractivity contribution is -0.117. The lowest BCUT2D eigenvalue weighted by Crippen LogP contribution is -2.32. The first-order chi connectivity index (χ1) is 6.50. The molecule has 3 heteroatoms. The van der Waals surface area contributed by atoms with Crippen LogP contribution >= 0.6 is 0 Å². The van der Waals surface area contributed by atoms with Crippen LogP contribution < -0.4 is 11.1 Å². The van der Waals surface area contributed by atoms with E-state index in [0.29, 0.717) is 0 Å². The van der Waals surface area contributed by atoms with Crippen LogP contribution in [-0.2, 0) is 4.79 Å². The molecule has 0 aliphatic heterocycles. The summed E-state index contributed by atoms with van der Waals surface area (Å²) in [6.07, 6.45) is 0. The Bertz CT molecular complexity index is 345. The molecule has 1 aromatic carbocycles. The Balaban J connectivity index is 2.78. The summed E-state index contributed by atoms with van der Waals surface area (Å²) in [6.45, 7) is 5.71. The van der Waals surface area contributed by atoms with Crippen LogP contribution in [0.4, 0.5) is 5.69 Å². The third-order valence-corrected chi connectivity index (χ3v) is 2.19. The summed E-state index contributed by atoms with van der Waals surface area (Å²) in [6, 6.07) is 5.32. The Labute approximate surface area is 84.3 Å². The van der Waals surface area contributed by atoms with Gasteiger partial charge in [-0.15, -0.1) is 0 Å². The van der Waals surface area contributed by atoms with E-state index in [1.165, 1.54) is 5.56 Å². The average Bonchev–Trinajstić information content (AvgIpc) is 2.11. The third-order valence-electron chi connectivity index (χ3n) is 2.19. The number of rotatable bonds is 2. The van der Waals surface area contributed by atoms with Gasteiger partial charge in [0, 0.05) is 5.69 Å². The molecule has 0 saturated carbocycles. The average molecular weight is 192 g/mol. The Hall–Kier alpha value is -1.35. The molecule has 76 valence electrons. The number of anilines is 1. The Kier molecular flexibility index (Phi) is 3.25. The number of carbonyl (C=O) groups excluding carboxylic acids is 1. The normalized spacial score (nSPS) is 12.3. The zero-order chi connectivity index (χ0) is 10.7. The number of benzene rings is 1. The quantitative estimate of drug-likeness (QED) is 0.747. The van der Waals surface area contributed by atoms with Gasteiger partial charge >= 0.3 is 0 Å². The second kappa shape index (κ2) is 4.24. The monoisotopic (exact) mass is 192 g/mol. The van der Waals surface area contributed by atoms with Gasteiger partial charge < -0.3 is 11.1 Å². The molecule has 0 saturated heterocycles. The molecule has 0 aromatic heterocycles. The van der Waals surface area contributed by atoms with E-state index in [0.717, 1.165) is 11.3 Å². The molecule has 3 nitrogen and oxygen atoms in total. The molecule has 1 amide bonds. The summed E-state index contributed by atoms with van der Waals surface area (Å²) in [4.78, 5) is 11.3. The number of nitrogens with one attached hydrogen (secondary N) is 1. The van der Waals surface area contributed by atoms with Crippen LogP contribution in [0.25, 0.3) is 0 Å². The van der Waals surface area contributed by atoms with Crippen molar-refractivity contribution >= 4 is 11.6 Å². The van der Waals surface area contributed by atoms with Crippen molar-refractivity contribution in [2.45, 2.75) is 26.8 Å². The maximum Gasteiger partial charge on any atom is 0.240 e. The zero-order valence-corrected chi connectivity index (χ0v) is 8.79. The molecule has 14 heavy (non-hydrogen) atoms. The fourth-order valence-corrected chi connectivity index (χ4v) is 1.08.